The van der Waals surface area contributed by atoms with Crippen molar-refractivity contribution in [3.8, 4) is 0 Å². The second-order valence-electron chi connectivity index (χ2n) is 5.96. The third kappa shape index (κ3) is 4.15. The summed E-state index contributed by atoms with van der Waals surface area (Å²) in [5.74, 6) is -0.429. The third-order valence-corrected chi connectivity index (χ3v) is 4.15. The number of rotatable bonds is 5. The standard InChI is InChI=1S/C18H18N4O4/c23-17(20-18(24)19-11-13-4-2-1-3-5-13)12-21-9-8-14-10-15(22(25)26)6-7-16(14)21/h1-7,10H,8-9,11-12H2,(H2,19,20,23,24). The highest BCUT2D eigenvalue weighted by Gasteiger charge is 2.23. The fraction of sp³-hybridized carbons (Fsp3) is 0.222. The van der Waals surface area contributed by atoms with Crippen LogP contribution in [0.25, 0.3) is 0 Å². The first-order chi connectivity index (χ1) is 12.5. The van der Waals surface area contributed by atoms with Crippen LogP contribution in [0.3, 0.4) is 0 Å². The number of hydrogen-bond donors (Lipinski definition) is 2. The minimum absolute atomic E-state index is 0.0174. The number of imide groups is 1. The Kier molecular flexibility index (Phi) is 5.12. The van der Waals surface area contributed by atoms with Gasteiger partial charge in [0.25, 0.3) is 5.69 Å². The highest BCUT2D eigenvalue weighted by Crippen LogP contribution is 2.30. The van der Waals surface area contributed by atoms with E-state index in [0.29, 0.717) is 19.5 Å². The first kappa shape index (κ1) is 17.4. The number of nitrogens with zero attached hydrogens (tertiary/aromatic N) is 2. The second-order valence-corrected chi connectivity index (χ2v) is 5.96. The van der Waals surface area contributed by atoms with E-state index < -0.39 is 16.9 Å². The van der Waals surface area contributed by atoms with E-state index in [1.807, 2.05) is 30.3 Å². The van der Waals surface area contributed by atoms with Gasteiger partial charge in [0.05, 0.1) is 11.5 Å². The van der Waals surface area contributed by atoms with Gasteiger partial charge in [-0.15, -0.1) is 0 Å². The normalized spacial score (nSPS) is 12.4. The van der Waals surface area contributed by atoms with Crippen LogP contribution >= 0.6 is 0 Å². The number of carbonyl (C=O) groups excluding carboxylic acids is 2. The number of hydrogen-bond acceptors (Lipinski definition) is 5. The number of anilines is 1. The molecule has 8 nitrogen and oxygen atoms in total. The Hall–Kier alpha value is -3.42. The van der Waals surface area contributed by atoms with E-state index in [9.17, 15) is 19.7 Å². The fourth-order valence-corrected chi connectivity index (χ4v) is 2.90. The molecule has 3 rings (SSSR count). The summed E-state index contributed by atoms with van der Waals surface area (Å²) >= 11 is 0. The molecule has 26 heavy (non-hydrogen) atoms. The zero-order valence-electron chi connectivity index (χ0n) is 14.0. The summed E-state index contributed by atoms with van der Waals surface area (Å²) in [5, 5.41) is 15.8. The van der Waals surface area contributed by atoms with Crippen molar-refractivity contribution in [2.24, 2.45) is 0 Å². The van der Waals surface area contributed by atoms with Gasteiger partial charge in [-0.2, -0.15) is 0 Å². The maximum absolute atomic E-state index is 12.1. The van der Waals surface area contributed by atoms with Gasteiger partial charge in [-0.05, 0) is 23.6 Å². The second kappa shape index (κ2) is 7.64. The van der Waals surface area contributed by atoms with E-state index in [4.69, 9.17) is 0 Å². The maximum Gasteiger partial charge on any atom is 0.321 e. The SMILES string of the molecule is O=C(CN1CCc2cc([N+](=O)[O-])ccc21)NC(=O)NCc1ccccc1. The molecule has 0 saturated carbocycles. The number of amides is 3. The number of nitrogens with one attached hydrogen (secondary N) is 2. The Morgan fingerprint density at radius 2 is 1.92 bits per heavy atom. The molecular weight excluding hydrogens is 336 g/mol. The molecular formula is C18H18N4O4. The molecule has 0 spiro atoms. The van der Waals surface area contributed by atoms with Crippen molar-refractivity contribution in [2.45, 2.75) is 13.0 Å². The zero-order chi connectivity index (χ0) is 18.5. The highest BCUT2D eigenvalue weighted by atomic mass is 16.6. The Morgan fingerprint density at radius 3 is 2.65 bits per heavy atom. The number of nitro benzene ring substituents is 1. The van der Waals surface area contributed by atoms with Gasteiger partial charge in [-0.3, -0.25) is 20.2 Å². The average molecular weight is 354 g/mol. The van der Waals surface area contributed by atoms with E-state index in [1.165, 1.54) is 12.1 Å². The first-order valence-electron chi connectivity index (χ1n) is 8.17. The van der Waals surface area contributed by atoms with Gasteiger partial charge >= 0.3 is 6.03 Å². The van der Waals surface area contributed by atoms with Crippen molar-refractivity contribution in [3.05, 3.63) is 69.8 Å². The maximum atomic E-state index is 12.1. The van der Waals surface area contributed by atoms with Crippen LogP contribution in [0.2, 0.25) is 0 Å². The van der Waals surface area contributed by atoms with Crippen LogP contribution in [-0.4, -0.2) is 30.0 Å². The van der Waals surface area contributed by atoms with Crippen molar-refractivity contribution in [1.29, 1.82) is 0 Å². The summed E-state index contributed by atoms with van der Waals surface area (Å²) in [6.07, 6.45) is 0.629. The lowest BCUT2D eigenvalue weighted by Crippen LogP contribution is -2.44. The molecule has 0 saturated heterocycles. The van der Waals surface area contributed by atoms with E-state index in [-0.39, 0.29) is 12.2 Å². The van der Waals surface area contributed by atoms with Crippen LogP contribution in [-0.2, 0) is 17.8 Å². The molecule has 0 atom stereocenters. The van der Waals surface area contributed by atoms with Crippen LogP contribution in [0, 0.1) is 10.1 Å². The van der Waals surface area contributed by atoms with Crippen molar-refractivity contribution in [1.82, 2.24) is 10.6 Å². The molecule has 0 aromatic heterocycles. The Labute approximate surface area is 150 Å². The Balaban J connectivity index is 1.52. The molecule has 134 valence electrons. The first-order valence-corrected chi connectivity index (χ1v) is 8.17. The monoisotopic (exact) mass is 354 g/mol. The van der Waals surface area contributed by atoms with Crippen molar-refractivity contribution in [2.75, 3.05) is 18.0 Å². The molecule has 1 heterocycles. The summed E-state index contributed by atoms with van der Waals surface area (Å²) in [7, 11) is 0. The quantitative estimate of drug-likeness (QED) is 0.631. The lowest BCUT2D eigenvalue weighted by Gasteiger charge is -2.18. The number of non-ortho nitro benzene ring substituents is 1. The minimum Gasteiger partial charge on any atom is -0.362 e. The van der Waals surface area contributed by atoms with Crippen LogP contribution < -0.4 is 15.5 Å². The third-order valence-electron chi connectivity index (χ3n) is 4.15. The Bertz CT molecular complexity index is 838. The topological polar surface area (TPSA) is 105 Å². The van der Waals surface area contributed by atoms with Crippen LogP contribution in [0.1, 0.15) is 11.1 Å². The molecule has 8 heteroatoms. The Morgan fingerprint density at radius 1 is 1.15 bits per heavy atom. The molecule has 2 aromatic rings. The van der Waals surface area contributed by atoms with Crippen molar-refractivity contribution < 1.29 is 14.5 Å². The predicted octanol–water partition coefficient (Wildman–Crippen LogP) is 1.98. The number of urea groups is 1. The average Bonchev–Trinajstić information content (AvgIpc) is 3.03. The number of fused-ring (bicyclic) bond motifs is 1. The van der Waals surface area contributed by atoms with Gasteiger partial charge in [0.2, 0.25) is 5.91 Å². The molecule has 2 N–H and O–H groups in total. The minimum atomic E-state index is -0.554. The summed E-state index contributed by atoms with van der Waals surface area (Å²) in [4.78, 5) is 36.1. The molecule has 3 amide bonds. The summed E-state index contributed by atoms with van der Waals surface area (Å²) in [5.41, 5.74) is 2.59. The van der Waals surface area contributed by atoms with Gasteiger partial charge in [0, 0.05) is 30.9 Å². The fourth-order valence-electron chi connectivity index (χ4n) is 2.90. The van der Waals surface area contributed by atoms with E-state index in [2.05, 4.69) is 10.6 Å². The van der Waals surface area contributed by atoms with Crippen LogP contribution in [0.15, 0.2) is 48.5 Å². The van der Waals surface area contributed by atoms with Crippen molar-refractivity contribution >= 4 is 23.3 Å². The number of carbonyl (C=O) groups is 2. The van der Waals surface area contributed by atoms with Gasteiger partial charge < -0.3 is 10.2 Å². The molecule has 1 aliphatic rings. The number of nitro groups is 1. The number of benzene rings is 2. The molecule has 0 fully saturated rings. The van der Waals surface area contributed by atoms with E-state index in [1.54, 1.807) is 11.0 Å². The lowest BCUT2D eigenvalue weighted by molar-refractivity contribution is -0.384. The highest BCUT2D eigenvalue weighted by molar-refractivity contribution is 5.96. The molecule has 2 aromatic carbocycles. The molecule has 1 aliphatic heterocycles. The molecule has 0 radical (unpaired) electrons. The van der Waals surface area contributed by atoms with Crippen LogP contribution in [0.4, 0.5) is 16.2 Å². The van der Waals surface area contributed by atoms with Crippen molar-refractivity contribution in [3.63, 3.8) is 0 Å². The zero-order valence-corrected chi connectivity index (χ0v) is 14.0. The lowest BCUT2D eigenvalue weighted by atomic mass is 10.1. The van der Waals surface area contributed by atoms with E-state index >= 15 is 0 Å². The van der Waals surface area contributed by atoms with Gasteiger partial charge in [0.15, 0.2) is 0 Å². The summed E-state index contributed by atoms with van der Waals surface area (Å²) in [6.45, 7) is 0.926. The van der Waals surface area contributed by atoms with Gasteiger partial charge in [-0.25, -0.2) is 4.79 Å². The largest absolute Gasteiger partial charge is 0.362 e. The molecule has 0 bridgehead atoms. The predicted molar refractivity (Wildman–Crippen MR) is 95.8 cm³/mol. The van der Waals surface area contributed by atoms with Gasteiger partial charge in [0.1, 0.15) is 0 Å². The van der Waals surface area contributed by atoms with Gasteiger partial charge in [-0.1, -0.05) is 30.3 Å². The van der Waals surface area contributed by atoms with Crippen LogP contribution in [0.5, 0.6) is 0 Å². The molecule has 0 aliphatic carbocycles. The smallest absolute Gasteiger partial charge is 0.321 e. The summed E-state index contributed by atoms with van der Waals surface area (Å²) in [6, 6.07) is 13.4. The molecule has 0 unspecified atom stereocenters. The summed E-state index contributed by atoms with van der Waals surface area (Å²) < 4.78 is 0. The van der Waals surface area contributed by atoms with E-state index in [0.717, 1.165) is 16.8 Å².